The first-order valence-electron chi connectivity index (χ1n) is 7.89. The molecule has 0 saturated carbocycles. The van der Waals surface area contributed by atoms with Crippen molar-refractivity contribution in [2.45, 2.75) is 32.9 Å². The average molecular weight is 328 g/mol. The molecule has 6 heteroatoms. The molecule has 1 aliphatic rings. The maximum absolute atomic E-state index is 12.4. The van der Waals surface area contributed by atoms with E-state index in [-0.39, 0.29) is 11.8 Å². The molecule has 0 aliphatic carbocycles. The van der Waals surface area contributed by atoms with Crippen molar-refractivity contribution < 1.29 is 18.0 Å². The number of rotatable bonds is 4. The number of nitrogens with zero attached hydrogens (tertiary/aromatic N) is 1. The van der Waals surface area contributed by atoms with Gasteiger partial charge in [-0.05, 0) is 57.3 Å². The van der Waals surface area contributed by atoms with Gasteiger partial charge in [-0.3, -0.25) is 9.69 Å². The van der Waals surface area contributed by atoms with Gasteiger partial charge < -0.3 is 5.32 Å². The van der Waals surface area contributed by atoms with Crippen molar-refractivity contribution in [3.63, 3.8) is 0 Å². The Morgan fingerprint density at radius 1 is 1.26 bits per heavy atom. The molecule has 2 rings (SSSR count). The normalized spacial score (nSPS) is 17.3. The van der Waals surface area contributed by atoms with Crippen molar-refractivity contribution in [2.75, 3.05) is 26.2 Å². The van der Waals surface area contributed by atoms with Gasteiger partial charge in [0.15, 0.2) is 0 Å². The fourth-order valence-corrected chi connectivity index (χ4v) is 2.91. The highest BCUT2D eigenvalue weighted by molar-refractivity contribution is 5.95. The Bertz CT molecular complexity index is 549. The predicted molar refractivity (Wildman–Crippen MR) is 83.5 cm³/mol. The van der Waals surface area contributed by atoms with Gasteiger partial charge in [-0.2, -0.15) is 13.2 Å². The SMILES string of the molecule is Cc1ccc(C)c(C(=O)NCC2CCN(CC(F)(F)F)CC2)c1. The molecule has 1 N–H and O–H groups in total. The van der Waals surface area contributed by atoms with Gasteiger partial charge in [0.2, 0.25) is 0 Å². The van der Waals surface area contributed by atoms with E-state index in [0.717, 1.165) is 11.1 Å². The summed E-state index contributed by atoms with van der Waals surface area (Å²) < 4.78 is 37.1. The molecule has 0 aromatic heterocycles. The number of carbonyl (C=O) groups is 1. The van der Waals surface area contributed by atoms with E-state index in [1.807, 2.05) is 32.0 Å². The van der Waals surface area contributed by atoms with Gasteiger partial charge >= 0.3 is 6.18 Å². The lowest BCUT2D eigenvalue weighted by Gasteiger charge is -2.32. The van der Waals surface area contributed by atoms with Gasteiger partial charge in [0, 0.05) is 12.1 Å². The van der Waals surface area contributed by atoms with Crippen molar-refractivity contribution in [1.82, 2.24) is 10.2 Å². The van der Waals surface area contributed by atoms with Crippen LogP contribution in [0.1, 0.15) is 34.3 Å². The first kappa shape index (κ1) is 17.8. The third-order valence-corrected chi connectivity index (χ3v) is 4.30. The van der Waals surface area contributed by atoms with Crippen LogP contribution in [0.25, 0.3) is 0 Å². The number of hydrogen-bond donors (Lipinski definition) is 1. The first-order valence-corrected chi connectivity index (χ1v) is 7.89. The van der Waals surface area contributed by atoms with Gasteiger partial charge in [-0.1, -0.05) is 17.7 Å². The molecule has 1 saturated heterocycles. The van der Waals surface area contributed by atoms with Gasteiger partial charge in [-0.15, -0.1) is 0 Å². The van der Waals surface area contributed by atoms with Crippen LogP contribution in [0.3, 0.4) is 0 Å². The minimum absolute atomic E-state index is 0.107. The largest absolute Gasteiger partial charge is 0.401 e. The number of piperidine rings is 1. The number of nitrogens with one attached hydrogen (secondary N) is 1. The van der Waals surface area contributed by atoms with E-state index in [9.17, 15) is 18.0 Å². The monoisotopic (exact) mass is 328 g/mol. The van der Waals surface area contributed by atoms with Crippen molar-refractivity contribution >= 4 is 5.91 Å². The second-order valence-electron chi connectivity index (χ2n) is 6.36. The minimum Gasteiger partial charge on any atom is -0.352 e. The van der Waals surface area contributed by atoms with Gasteiger partial charge in [0.1, 0.15) is 0 Å². The Labute approximate surface area is 134 Å². The number of amides is 1. The molecule has 0 unspecified atom stereocenters. The molecule has 1 fully saturated rings. The summed E-state index contributed by atoms with van der Waals surface area (Å²) in [5.41, 5.74) is 2.62. The maximum Gasteiger partial charge on any atom is 0.401 e. The highest BCUT2D eigenvalue weighted by atomic mass is 19.4. The fourth-order valence-electron chi connectivity index (χ4n) is 2.91. The lowest BCUT2D eigenvalue weighted by molar-refractivity contribution is -0.148. The van der Waals surface area contributed by atoms with E-state index in [1.54, 1.807) is 0 Å². The van der Waals surface area contributed by atoms with Crippen LogP contribution in [0.15, 0.2) is 18.2 Å². The highest BCUT2D eigenvalue weighted by Gasteiger charge is 2.32. The second-order valence-corrected chi connectivity index (χ2v) is 6.36. The Morgan fingerprint density at radius 2 is 1.91 bits per heavy atom. The van der Waals surface area contributed by atoms with Crippen LogP contribution < -0.4 is 5.32 Å². The number of benzene rings is 1. The summed E-state index contributed by atoms with van der Waals surface area (Å²) in [4.78, 5) is 13.7. The van der Waals surface area contributed by atoms with Crippen LogP contribution in [-0.2, 0) is 0 Å². The zero-order chi connectivity index (χ0) is 17.0. The van der Waals surface area contributed by atoms with Crippen molar-refractivity contribution in [3.8, 4) is 0 Å². The van der Waals surface area contributed by atoms with Crippen molar-refractivity contribution in [2.24, 2.45) is 5.92 Å². The standard InChI is InChI=1S/C17H23F3N2O/c1-12-3-4-13(2)15(9-12)16(23)21-10-14-5-7-22(8-6-14)11-17(18,19)20/h3-4,9,14H,5-8,10-11H2,1-2H3,(H,21,23). The van der Waals surface area contributed by atoms with E-state index in [4.69, 9.17) is 0 Å². The van der Waals surface area contributed by atoms with Crippen LogP contribution in [0.2, 0.25) is 0 Å². The number of carbonyl (C=O) groups excluding carboxylic acids is 1. The predicted octanol–water partition coefficient (Wildman–Crippen LogP) is 3.31. The van der Waals surface area contributed by atoms with E-state index < -0.39 is 12.7 Å². The number of hydrogen-bond acceptors (Lipinski definition) is 2. The molecule has 128 valence electrons. The zero-order valence-electron chi connectivity index (χ0n) is 13.5. The molecular weight excluding hydrogens is 305 g/mol. The number of halogens is 3. The van der Waals surface area contributed by atoms with Crippen LogP contribution >= 0.6 is 0 Å². The van der Waals surface area contributed by atoms with Gasteiger partial charge in [0.25, 0.3) is 5.91 Å². The Balaban J connectivity index is 1.79. The third-order valence-electron chi connectivity index (χ3n) is 4.30. The summed E-state index contributed by atoms with van der Waals surface area (Å²) in [5.74, 6) is 0.137. The fraction of sp³-hybridized carbons (Fsp3) is 0.588. The highest BCUT2D eigenvalue weighted by Crippen LogP contribution is 2.22. The van der Waals surface area contributed by atoms with E-state index in [0.29, 0.717) is 38.0 Å². The Hall–Kier alpha value is -1.56. The number of alkyl halides is 3. The Kier molecular flexibility index (Phi) is 5.68. The van der Waals surface area contributed by atoms with Gasteiger partial charge in [-0.25, -0.2) is 0 Å². The lowest BCUT2D eigenvalue weighted by Crippen LogP contribution is -2.42. The molecule has 0 spiro atoms. The van der Waals surface area contributed by atoms with E-state index in [1.165, 1.54) is 4.90 Å². The second kappa shape index (κ2) is 7.34. The zero-order valence-corrected chi connectivity index (χ0v) is 13.5. The molecular formula is C17H23F3N2O. The molecule has 1 amide bonds. The molecule has 23 heavy (non-hydrogen) atoms. The molecule has 0 radical (unpaired) electrons. The smallest absolute Gasteiger partial charge is 0.352 e. The average Bonchev–Trinajstić information content (AvgIpc) is 2.47. The van der Waals surface area contributed by atoms with Crippen LogP contribution in [0.4, 0.5) is 13.2 Å². The van der Waals surface area contributed by atoms with Crippen LogP contribution in [0.5, 0.6) is 0 Å². The summed E-state index contributed by atoms with van der Waals surface area (Å²) >= 11 is 0. The molecule has 1 aromatic rings. The first-order chi connectivity index (χ1) is 10.7. The summed E-state index contributed by atoms with van der Waals surface area (Å²) in [6, 6.07) is 5.74. The van der Waals surface area contributed by atoms with Crippen molar-refractivity contribution in [1.29, 1.82) is 0 Å². The molecule has 1 aromatic carbocycles. The molecule has 1 aliphatic heterocycles. The summed E-state index contributed by atoms with van der Waals surface area (Å²) in [6.45, 7) is 4.38. The molecule has 1 heterocycles. The topological polar surface area (TPSA) is 32.3 Å². The molecule has 3 nitrogen and oxygen atoms in total. The number of aryl methyl sites for hydroxylation is 2. The minimum atomic E-state index is -4.14. The number of likely N-dealkylation sites (tertiary alicyclic amines) is 1. The molecule has 0 atom stereocenters. The summed E-state index contributed by atoms with van der Waals surface area (Å²) in [6.07, 6.45) is -2.77. The third kappa shape index (κ3) is 5.53. The summed E-state index contributed by atoms with van der Waals surface area (Å²) in [7, 11) is 0. The Morgan fingerprint density at radius 3 is 2.52 bits per heavy atom. The maximum atomic E-state index is 12.4. The van der Waals surface area contributed by atoms with Crippen molar-refractivity contribution in [3.05, 3.63) is 34.9 Å². The molecule has 0 bridgehead atoms. The quantitative estimate of drug-likeness (QED) is 0.920. The van der Waals surface area contributed by atoms with Crippen LogP contribution in [0, 0.1) is 19.8 Å². The lowest BCUT2D eigenvalue weighted by atomic mass is 9.96. The van der Waals surface area contributed by atoms with E-state index in [2.05, 4.69) is 5.32 Å². The van der Waals surface area contributed by atoms with Crippen LogP contribution in [-0.4, -0.2) is 43.2 Å². The summed E-state index contributed by atoms with van der Waals surface area (Å²) in [5, 5.41) is 2.92. The van der Waals surface area contributed by atoms with E-state index >= 15 is 0 Å². The van der Waals surface area contributed by atoms with Gasteiger partial charge in [0.05, 0.1) is 6.54 Å².